The maximum absolute atomic E-state index is 6.40. The molecule has 0 saturated heterocycles. The Morgan fingerprint density at radius 1 is 1.24 bits per heavy atom. The van der Waals surface area contributed by atoms with E-state index in [-0.39, 0.29) is 12.0 Å². The van der Waals surface area contributed by atoms with Crippen LogP contribution < -0.4 is 10.1 Å². The summed E-state index contributed by atoms with van der Waals surface area (Å²) < 4.78 is 5.81. The van der Waals surface area contributed by atoms with Gasteiger partial charge in [0, 0.05) is 27.6 Å². The molecular weight excluding hydrogens is 305 g/mol. The molecule has 0 fully saturated rings. The van der Waals surface area contributed by atoms with Crippen LogP contribution in [0.25, 0.3) is 0 Å². The minimum atomic E-state index is 0.114. The Kier molecular flexibility index (Phi) is 4.39. The lowest BCUT2D eigenvalue weighted by atomic mass is 9.88. The van der Waals surface area contributed by atoms with Crippen LogP contribution in [0, 0.1) is 0 Å². The van der Waals surface area contributed by atoms with Crippen molar-refractivity contribution in [2.75, 3.05) is 13.2 Å². The molecule has 110 valence electrons. The molecule has 2 aromatic rings. The highest BCUT2D eigenvalue weighted by Crippen LogP contribution is 2.42. The summed E-state index contributed by atoms with van der Waals surface area (Å²) in [6.07, 6.45) is 0. The quantitative estimate of drug-likeness (QED) is 0.871. The smallest absolute Gasteiger partial charge is 0.122 e. The van der Waals surface area contributed by atoms with Crippen molar-refractivity contribution in [3.63, 3.8) is 0 Å². The molecule has 0 radical (unpaired) electrons. The SMILES string of the molecule is CCNC(c1ccc(Cl)cc1Cl)C1COc2ccccc21. The standard InChI is InChI=1S/C17H17Cl2NO/c1-2-20-17(13-8-7-11(18)9-15(13)19)14-10-21-16-6-4-3-5-12(14)16/h3-9,14,17,20H,2,10H2,1H3. The number of hydrogen-bond donors (Lipinski definition) is 1. The fourth-order valence-corrected chi connectivity index (χ4v) is 3.43. The first-order valence-corrected chi connectivity index (χ1v) is 7.86. The van der Waals surface area contributed by atoms with Gasteiger partial charge in [-0.2, -0.15) is 0 Å². The van der Waals surface area contributed by atoms with Gasteiger partial charge in [0.1, 0.15) is 5.75 Å². The average molecular weight is 322 g/mol. The zero-order valence-corrected chi connectivity index (χ0v) is 13.3. The van der Waals surface area contributed by atoms with E-state index >= 15 is 0 Å². The minimum absolute atomic E-state index is 0.114. The number of benzene rings is 2. The highest BCUT2D eigenvalue weighted by Gasteiger charge is 2.32. The minimum Gasteiger partial charge on any atom is -0.493 e. The lowest BCUT2D eigenvalue weighted by Gasteiger charge is -2.25. The molecule has 21 heavy (non-hydrogen) atoms. The number of hydrogen-bond acceptors (Lipinski definition) is 2. The Morgan fingerprint density at radius 2 is 2.05 bits per heavy atom. The molecule has 1 aliphatic heterocycles. The maximum Gasteiger partial charge on any atom is 0.122 e. The fraction of sp³-hybridized carbons (Fsp3) is 0.294. The molecule has 0 bridgehead atoms. The summed E-state index contributed by atoms with van der Waals surface area (Å²) in [5.74, 6) is 1.22. The van der Waals surface area contributed by atoms with Crippen LogP contribution in [0.5, 0.6) is 5.75 Å². The molecule has 2 unspecified atom stereocenters. The van der Waals surface area contributed by atoms with Crippen molar-refractivity contribution in [3.8, 4) is 5.75 Å². The van der Waals surface area contributed by atoms with Gasteiger partial charge in [0.05, 0.1) is 6.61 Å². The second-order valence-corrected chi connectivity index (χ2v) is 6.00. The van der Waals surface area contributed by atoms with Gasteiger partial charge in [-0.25, -0.2) is 0 Å². The van der Waals surface area contributed by atoms with E-state index in [1.165, 1.54) is 5.56 Å². The number of rotatable bonds is 4. The van der Waals surface area contributed by atoms with Crippen LogP contribution in [-0.4, -0.2) is 13.2 Å². The maximum atomic E-state index is 6.40. The number of fused-ring (bicyclic) bond motifs is 1. The van der Waals surface area contributed by atoms with Gasteiger partial charge in [0.15, 0.2) is 0 Å². The Morgan fingerprint density at radius 3 is 2.81 bits per heavy atom. The fourth-order valence-electron chi connectivity index (χ4n) is 2.91. The van der Waals surface area contributed by atoms with Crippen molar-refractivity contribution in [3.05, 3.63) is 63.6 Å². The first-order valence-electron chi connectivity index (χ1n) is 7.10. The topological polar surface area (TPSA) is 21.3 Å². The molecule has 4 heteroatoms. The van der Waals surface area contributed by atoms with Crippen LogP contribution >= 0.6 is 23.2 Å². The molecule has 2 aromatic carbocycles. The third-order valence-electron chi connectivity index (χ3n) is 3.86. The van der Waals surface area contributed by atoms with Crippen LogP contribution in [0.3, 0.4) is 0 Å². The summed E-state index contributed by atoms with van der Waals surface area (Å²) >= 11 is 12.4. The summed E-state index contributed by atoms with van der Waals surface area (Å²) in [7, 11) is 0. The first-order chi connectivity index (χ1) is 10.2. The van der Waals surface area contributed by atoms with E-state index in [4.69, 9.17) is 27.9 Å². The lowest BCUT2D eigenvalue weighted by molar-refractivity contribution is 0.301. The number of halogens is 2. The van der Waals surface area contributed by atoms with Crippen LogP contribution in [0.4, 0.5) is 0 Å². The molecule has 1 N–H and O–H groups in total. The number of likely N-dealkylation sites (N-methyl/N-ethyl adjacent to an activating group) is 1. The Bertz CT molecular complexity index is 644. The van der Waals surface area contributed by atoms with Gasteiger partial charge >= 0.3 is 0 Å². The molecule has 2 atom stereocenters. The van der Waals surface area contributed by atoms with Crippen molar-refractivity contribution in [2.45, 2.75) is 18.9 Å². The molecule has 0 aromatic heterocycles. The highest BCUT2D eigenvalue weighted by molar-refractivity contribution is 6.35. The van der Waals surface area contributed by atoms with Gasteiger partial charge < -0.3 is 10.1 Å². The molecule has 3 rings (SSSR count). The van der Waals surface area contributed by atoms with Crippen molar-refractivity contribution in [2.24, 2.45) is 0 Å². The van der Waals surface area contributed by atoms with E-state index in [1.807, 2.05) is 30.3 Å². The molecule has 1 heterocycles. The Labute approximate surface area is 135 Å². The third kappa shape index (κ3) is 2.89. The molecule has 0 amide bonds. The predicted molar refractivity (Wildman–Crippen MR) is 87.6 cm³/mol. The van der Waals surface area contributed by atoms with E-state index in [2.05, 4.69) is 18.3 Å². The molecule has 0 saturated carbocycles. The van der Waals surface area contributed by atoms with Crippen molar-refractivity contribution in [1.82, 2.24) is 5.32 Å². The van der Waals surface area contributed by atoms with Gasteiger partial charge in [-0.15, -0.1) is 0 Å². The van der Waals surface area contributed by atoms with Crippen molar-refractivity contribution >= 4 is 23.2 Å². The van der Waals surface area contributed by atoms with Crippen molar-refractivity contribution < 1.29 is 4.74 Å². The number of nitrogens with one attached hydrogen (secondary N) is 1. The summed E-state index contributed by atoms with van der Waals surface area (Å²) in [5.41, 5.74) is 2.29. The van der Waals surface area contributed by atoms with Gasteiger partial charge in [-0.1, -0.05) is 54.4 Å². The van der Waals surface area contributed by atoms with Gasteiger partial charge in [0.2, 0.25) is 0 Å². The average Bonchev–Trinajstić information content (AvgIpc) is 2.89. The summed E-state index contributed by atoms with van der Waals surface area (Å²) in [4.78, 5) is 0. The third-order valence-corrected chi connectivity index (χ3v) is 4.42. The second kappa shape index (κ2) is 6.27. The second-order valence-electron chi connectivity index (χ2n) is 5.16. The summed E-state index contributed by atoms with van der Waals surface area (Å²) in [5, 5.41) is 4.88. The molecule has 0 aliphatic carbocycles. The van der Waals surface area contributed by atoms with E-state index in [0.29, 0.717) is 16.7 Å². The van der Waals surface area contributed by atoms with Gasteiger partial charge in [-0.05, 0) is 30.3 Å². The largest absolute Gasteiger partial charge is 0.493 e. The number of ether oxygens (including phenoxy) is 1. The summed E-state index contributed by atoms with van der Waals surface area (Å²) in [6.45, 7) is 3.62. The van der Waals surface area contributed by atoms with Gasteiger partial charge in [0.25, 0.3) is 0 Å². The Balaban J connectivity index is 1.99. The summed E-state index contributed by atoms with van der Waals surface area (Å²) in [6, 6.07) is 14.0. The molecule has 2 nitrogen and oxygen atoms in total. The monoisotopic (exact) mass is 321 g/mol. The highest BCUT2D eigenvalue weighted by atomic mass is 35.5. The van der Waals surface area contributed by atoms with Crippen molar-refractivity contribution in [1.29, 1.82) is 0 Å². The van der Waals surface area contributed by atoms with E-state index in [9.17, 15) is 0 Å². The van der Waals surface area contributed by atoms with E-state index < -0.39 is 0 Å². The van der Waals surface area contributed by atoms with E-state index in [1.54, 1.807) is 6.07 Å². The lowest BCUT2D eigenvalue weighted by Crippen LogP contribution is -2.28. The normalized spacial score (nSPS) is 18.1. The van der Waals surface area contributed by atoms with Crippen LogP contribution in [-0.2, 0) is 0 Å². The molecular formula is C17H17Cl2NO. The Hall–Kier alpha value is -1.22. The zero-order chi connectivity index (χ0) is 14.8. The van der Waals surface area contributed by atoms with Gasteiger partial charge in [-0.3, -0.25) is 0 Å². The predicted octanol–water partition coefficient (Wildman–Crippen LogP) is 4.82. The van der Waals surface area contributed by atoms with Crippen LogP contribution in [0.15, 0.2) is 42.5 Å². The van der Waals surface area contributed by atoms with Crippen LogP contribution in [0.1, 0.15) is 30.0 Å². The molecule has 1 aliphatic rings. The van der Waals surface area contributed by atoms with Crippen LogP contribution in [0.2, 0.25) is 10.0 Å². The number of para-hydroxylation sites is 1. The first kappa shape index (κ1) is 14.7. The van der Waals surface area contributed by atoms with E-state index in [0.717, 1.165) is 17.9 Å². The molecule has 0 spiro atoms. The zero-order valence-electron chi connectivity index (χ0n) is 11.8.